The predicted molar refractivity (Wildman–Crippen MR) is 104 cm³/mol. The second-order valence-corrected chi connectivity index (χ2v) is 7.39. The molecule has 1 aliphatic rings. The largest absolute Gasteiger partial charge is 0.396 e. The van der Waals surface area contributed by atoms with E-state index in [-0.39, 0.29) is 18.4 Å². The van der Waals surface area contributed by atoms with E-state index in [1.165, 1.54) is 0 Å². The van der Waals surface area contributed by atoms with Crippen molar-refractivity contribution in [3.63, 3.8) is 0 Å². The summed E-state index contributed by atoms with van der Waals surface area (Å²) in [5, 5.41) is 43.2. The summed E-state index contributed by atoms with van der Waals surface area (Å²) < 4.78 is 0. The van der Waals surface area contributed by atoms with E-state index in [1.54, 1.807) is 0 Å². The Morgan fingerprint density at radius 3 is 2.56 bits per heavy atom. The topological polar surface area (TPSA) is 115 Å². The highest BCUT2D eigenvalue weighted by atomic mass is 16.3. The standard InChI is InChI=1S/C20H34N4O3/c25-14-10-6-2-1-3-7-11-16-17(19(27)15-18(16)26)12-8-4-5-9-13-20-21-23-24-22-20/h4,7-8,11,16-19,25-27H,1-3,5-6,9-10,12-15H2,(H,21,22,23,24)/b8-4-,11-7?/t16-,17+,18+,19-/m1/s1. The van der Waals surface area contributed by atoms with Crippen LogP contribution in [0.3, 0.4) is 0 Å². The molecule has 1 fully saturated rings. The van der Waals surface area contributed by atoms with Gasteiger partial charge >= 0.3 is 0 Å². The fraction of sp³-hybridized carbons (Fsp3) is 0.750. The van der Waals surface area contributed by atoms with Gasteiger partial charge in [-0.15, -0.1) is 10.2 Å². The minimum Gasteiger partial charge on any atom is -0.396 e. The van der Waals surface area contributed by atoms with Crippen LogP contribution < -0.4 is 0 Å². The summed E-state index contributed by atoms with van der Waals surface area (Å²) in [4.78, 5) is 0. The van der Waals surface area contributed by atoms with Gasteiger partial charge in [-0.1, -0.05) is 42.4 Å². The summed E-state index contributed by atoms with van der Waals surface area (Å²) in [6.45, 7) is 0.272. The molecule has 1 aromatic heterocycles. The molecule has 27 heavy (non-hydrogen) atoms. The molecule has 2 rings (SSSR count). The molecule has 1 heterocycles. The van der Waals surface area contributed by atoms with Crippen molar-refractivity contribution in [3.8, 4) is 0 Å². The van der Waals surface area contributed by atoms with E-state index in [0.29, 0.717) is 6.42 Å². The predicted octanol–water partition coefficient (Wildman–Crippen LogP) is 2.33. The minimum atomic E-state index is -0.456. The summed E-state index contributed by atoms with van der Waals surface area (Å²) in [5.41, 5.74) is 0. The van der Waals surface area contributed by atoms with Gasteiger partial charge in [-0.05, 0) is 44.4 Å². The lowest BCUT2D eigenvalue weighted by Gasteiger charge is -2.19. The molecular weight excluding hydrogens is 344 g/mol. The number of hydrogen-bond acceptors (Lipinski definition) is 6. The van der Waals surface area contributed by atoms with Crippen molar-refractivity contribution < 1.29 is 15.3 Å². The number of hydrogen-bond donors (Lipinski definition) is 4. The molecule has 0 spiro atoms. The van der Waals surface area contributed by atoms with Gasteiger partial charge in [0.2, 0.25) is 0 Å². The molecule has 0 aromatic carbocycles. The normalized spacial score (nSPS) is 25.9. The molecule has 0 bridgehead atoms. The molecule has 7 heteroatoms. The third-order valence-corrected chi connectivity index (χ3v) is 5.29. The van der Waals surface area contributed by atoms with Crippen molar-refractivity contribution in [2.75, 3.05) is 6.61 Å². The van der Waals surface area contributed by atoms with E-state index >= 15 is 0 Å². The summed E-state index contributed by atoms with van der Waals surface area (Å²) in [7, 11) is 0. The van der Waals surface area contributed by atoms with Gasteiger partial charge in [0.05, 0.1) is 12.2 Å². The zero-order valence-corrected chi connectivity index (χ0v) is 16.1. The maximum atomic E-state index is 10.3. The lowest BCUT2D eigenvalue weighted by molar-refractivity contribution is 0.120. The first-order valence-corrected chi connectivity index (χ1v) is 10.2. The van der Waals surface area contributed by atoms with Crippen molar-refractivity contribution in [2.24, 2.45) is 11.8 Å². The van der Waals surface area contributed by atoms with E-state index in [4.69, 9.17) is 5.11 Å². The maximum absolute atomic E-state index is 10.3. The quantitative estimate of drug-likeness (QED) is 0.309. The lowest BCUT2D eigenvalue weighted by atomic mass is 9.89. The molecule has 0 saturated heterocycles. The number of allylic oxidation sites excluding steroid dienone is 3. The monoisotopic (exact) mass is 378 g/mol. The molecule has 7 nitrogen and oxygen atoms in total. The van der Waals surface area contributed by atoms with Gasteiger partial charge in [-0.3, -0.25) is 0 Å². The van der Waals surface area contributed by atoms with Crippen LogP contribution in [0.5, 0.6) is 0 Å². The smallest absolute Gasteiger partial charge is 0.174 e. The Kier molecular flexibility index (Phi) is 10.3. The maximum Gasteiger partial charge on any atom is 0.174 e. The average molecular weight is 379 g/mol. The molecule has 0 amide bonds. The van der Waals surface area contributed by atoms with Crippen LogP contribution in [0.1, 0.15) is 63.6 Å². The molecule has 0 aliphatic heterocycles. The molecule has 152 valence electrons. The summed E-state index contributed by atoms with van der Waals surface area (Å²) in [6, 6.07) is 0. The number of H-pyrrole nitrogens is 1. The third-order valence-electron chi connectivity index (χ3n) is 5.29. The summed E-state index contributed by atoms with van der Waals surface area (Å²) in [6.07, 6.45) is 16.7. The second kappa shape index (κ2) is 12.8. The number of nitrogens with one attached hydrogen (secondary N) is 1. The number of aliphatic hydroxyl groups excluding tert-OH is 3. The van der Waals surface area contributed by atoms with E-state index in [0.717, 1.165) is 63.6 Å². The number of rotatable bonds is 13. The Morgan fingerprint density at radius 2 is 1.78 bits per heavy atom. The number of aryl methyl sites for hydroxylation is 1. The fourth-order valence-electron chi connectivity index (χ4n) is 3.72. The van der Waals surface area contributed by atoms with Crippen molar-refractivity contribution in [1.29, 1.82) is 0 Å². The van der Waals surface area contributed by atoms with Crippen LogP contribution in [0.4, 0.5) is 0 Å². The van der Waals surface area contributed by atoms with Crippen LogP contribution in [-0.4, -0.2) is 54.8 Å². The zero-order valence-electron chi connectivity index (χ0n) is 16.1. The summed E-state index contributed by atoms with van der Waals surface area (Å²) in [5.74, 6) is 0.847. The average Bonchev–Trinajstić information content (AvgIpc) is 3.26. The molecule has 0 unspecified atom stereocenters. The van der Waals surface area contributed by atoms with Crippen LogP contribution in [0.15, 0.2) is 24.3 Å². The van der Waals surface area contributed by atoms with Crippen molar-refractivity contribution in [1.82, 2.24) is 20.6 Å². The molecule has 1 aliphatic carbocycles. The number of aromatic amines is 1. The van der Waals surface area contributed by atoms with Crippen LogP contribution in [0.2, 0.25) is 0 Å². The highest BCUT2D eigenvalue weighted by Gasteiger charge is 2.39. The summed E-state index contributed by atoms with van der Waals surface area (Å²) >= 11 is 0. The Bertz CT molecular complexity index is 547. The lowest BCUT2D eigenvalue weighted by Crippen LogP contribution is -2.19. The molecule has 4 N–H and O–H groups in total. The van der Waals surface area contributed by atoms with E-state index in [9.17, 15) is 10.2 Å². The molecule has 0 radical (unpaired) electrons. The van der Waals surface area contributed by atoms with Crippen LogP contribution in [0.25, 0.3) is 0 Å². The van der Waals surface area contributed by atoms with Gasteiger partial charge in [0, 0.05) is 25.4 Å². The van der Waals surface area contributed by atoms with E-state index in [2.05, 4.69) is 44.9 Å². The van der Waals surface area contributed by atoms with Crippen LogP contribution in [0, 0.1) is 11.8 Å². The minimum absolute atomic E-state index is 0.0291. The number of aromatic nitrogens is 4. The fourth-order valence-corrected chi connectivity index (χ4v) is 3.72. The Morgan fingerprint density at radius 1 is 0.963 bits per heavy atom. The zero-order chi connectivity index (χ0) is 19.3. The van der Waals surface area contributed by atoms with Gasteiger partial charge < -0.3 is 15.3 Å². The Hall–Kier alpha value is -1.57. The first kappa shape index (κ1) is 21.7. The van der Waals surface area contributed by atoms with Crippen molar-refractivity contribution >= 4 is 0 Å². The number of nitrogens with zero attached hydrogens (tertiary/aromatic N) is 3. The first-order chi connectivity index (χ1) is 13.2. The SMILES string of the molecule is OCCCCCCC=C[C@@H]1[C@H](C/C=C\CCCc2nn[nH]n2)[C@H](O)C[C@@H]1O. The van der Waals surface area contributed by atoms with Crippen LogP contribution in [-0.2, 0) is 6.42 Å². The van der Waals surface area contributed by atoms with Gasteiger partial charge in [0.15, 0.2) is 5.82 Å². The third kappa shape index (κ3) is 7.91. The highest BCUT2D eigenvalue weighted by molar-refractivity contribution is 5.04. The molecule has 1 aromatic rings. The number of tetrazole rings is 1. The van der Waals surface area contributed by atoms with Gasteiger partial charge in [0.1, 0.15) is 0 Å². The van der Waals surface area contributed by atoms with E-state index in [1.807, 2.05) is 0 Å². The van der Waals surface area contributed by atoms with Crippen molar-refractivity contribution in [3.05, 3.63) is 30.1 Å². The Balaban J connectivity index is 1.68. The van der Waals surface area contributed by atoms with E-state index < -0.39 is 12.2 Å². The number of aliphatic hydroxyl groups is 3. The molecular formula is C20H34N4O3. The van der Waals surface area contributed by atoms with Gasteiger partial charge in [0.25, 0.3) is 0 Å². The highest BCUT2D eigenvalue weighted by Crippen LogP contribution is 2.36. The van der Waals surface area contributed by atoms with Crippen LogP contribution >= 0.6 is 0 Å². The second-order valence-electron chi connectivity index (χ2n) is 7.39. The van der Waals surface area contributed by atoms with Gasteiger partial charge in [-0.25, -0.2) is 0 Å². The molecule has 1 saturated carbocycles. The first-order valence-electron chi connectivity index (χ1n) is 10.2. The van der Waals surface area contributed by atoms with Crippen molar-refractivity contribution in [2.45, 2.75) is 76.4 Å². The number of unbranched alkanes of at least 4 members (excludes halogenated alkanes) is 5. The Labute approximate surface area is 161 Å². The van der Waals surface area contributed by atoms with Gasteiger partial charge in [-0.2, -0.15) is 5.21 Å². The molecule has 4 atom stereocenters.